The van der Waals surface area contributed by atoms with Crippen LogP contribution in [0, 0.1) is 15.4 Å². The van der Waals surface area contributed by atoms with Crippen LogP contribution in [0.4, 0.5) is 5.69 Å². The summed E-state index contributed by atoms with van der Waals surface area (Å²) in [6.45, 7) is 2.08. The van der Waals surface area contributed by atoms with Crippen molar-refractivity contribution in [3.63, 3.8) is 0 Å². The van der Waals surface area contributed by atoms with Gasteiger partial charge >= 0.3 is 5.97 Å². The Labute approximate surface area is 145 Å². The van der Waals surface area contributed by atoms with Crippen molar-refractivity contribution in [2.45, 2.75) is 39.0 Å². The van der Waals surface area contributed by atoms with Crippen LogP contribution in [0.3, 0.4) is 0 Å². The number of amides is 1. The topological polar surface area (TPSA) is 55.4 Å². The predicted molar refractivity (Wildman–Crippen MR) is 94.5 cm³/mol. The number of halogens is 1. The number of ether oxygens (including phenoxy) is 1. The van der Waals surface area contributed by atoms with E-state index in [1.807, 2.05) is 24.3 Å². The average molecular weight is 415 g/mol. The molecule has 1 fully saturated rings. The Morgan fingerprint density at radius 2 is 1.86 bits per heavy atom. The zero-order valence-corrected chi connectivity index (χ0v) is 15.0. The van der Waals surface area contributed by atoms with Gasteiger partial charge in [-0.25, -0.2) is 0 Å². The van der Waals surface area contributed by atoms with E-state index in [1.54, 1.807) is 6.92 Å². The minimum absolute atomic E-state index is 0.0941. The molecule has 1 aromatic carbocycles. The van der Waals surface area contributed by atoms with E-state index in [1.165, 1.54) is 6.42 Å². The molecule has 0 heterocycles. The Kier molecular flexibility index (Phi) is 6.67. The summed E-state index contributed by atoms with van der Waals surface area (Å²) in [5.41, 5.74) is 0.718. The summed E-state index contributed by atoms with van der Waals surface area (Å²) in [6.07, 6.45) is 5.19. The first-order chi connectivity index (χ1) is 10.6. The molecule has 1 saturated carbocycles. The predicted octanol–water partition coefficient (Wildman–Crippen LogP) is 3.99. The van der Waals surface area contributed by atoms with Crippen LogP contribution in [0.1, 0.15) is 39.0 Å². The van der Waals surface area contributed by atoms with Crippen molar-refractivity contribution in [3.05, 3.63) is 27.8 Å². The Morgan fingerprint density at radius 1 is 1.23 bits per heavy atom. The number of hydrogen-bond acceptors (Lipinski definition) is 3. The smallest absolute Gasteiger partial charge is 0.318 e. The molecular weight excluding hydrogens is 393 g/mol. The molecule has 2 rings (SSSR count). The van der Waals surface area contributed by atoms with E-state index in [4.69, 9.17) is 4.74 Å². The first kappa shape index (κ1) is 17.2. The van der Waals surface area contributed by atoms with Gasteiger partial charge in [-0.3, -0.25) is 9.59 Å². The maximum Gasteiger partial charge on any atom is 0.318 e. The minimum atomic E-state index is -0.695. The second-order valence-electron chi connectivity index (χ2n) is 5.62. The van der Waals surface area contributed by atoms with Crippen LogP contribution < -0.4 is 5.32 Å². The second-order valence-corrected chi connectivity index (χ2v) is 6.87. The fraction of sp³-hybridized carbons (Fsp3) is 0.529. The van der Waals surface area contributed by atoms with E-state index in [0.717, 1.165) is 34.9 Å². The number of rotatable bonds is 5. The van der Waals surface area contributed by atoms with E-state index >= 15 is 0 Å². The third-order valence-electron chi connectivity index (χ3n) is 4.06. The molecule has 1 aromatic rings. The highest BCUT2D eigenvalue weighted by Crippen LogP contribution is 2.31. The van der Waals surface area contributed by atoms with E-state index in [0.29, 0.717) is 6.61 Å². The molecule has 5 heteroatoms. The van der Waals surface area contributed by atoms with Gasteiger partial charge in [0.1, 0.15) is 5.92 Å². The van der Waals surface area contributed by atoms with E-state index in [2.05, 4.69) is 27.9 Å². The Hall–Kier alpha value is -1.11. The molecule has 0 saturated heterocycles. The lowest BCUT2D eigenvalue weighted by Gasteiger charge is -2.27. The van der Waals surface area contributed by atoms with Crippen molar-refractivity contribution in [3.8, 4) is 0 Å². The maximum atomic E-state index is 12.6. The number of benzene rings is 1. The lowest BCUT2D eigenvalue weighted by molar-refractivity contribution is -0.153. The van der Waals surface area contributed by atoms with Gasteiger partial charge in [0, 0.05) is 9.26 Å². The molecule has 4 nitrogen and oxygen atoms in total. The number of esters is 1. The van der Waals surface area contributed by atoms with Crippen molar-refractivity contribution in [1.29, 1.82) is 0 Å². The van der Waals surface area contributed by atoms with E-state index < -0.39 is 11.9 Å². The van der Waals surface area contributed by atoms with Crippen LogP contribution in [0.5, 0.6) is 0 Å². The molecule has 0 radical (unpaired) electrons. The standard InChI is InChI=1S/C17H22INO3/c1-2-22-17(21)15(12-6-4-3-5-7-12)16(20)19-14-10-8-13(18)9-11-14/h8-12,15H,2-7H2,1H3,(H,19,20)/t15-/m1/s1. The summed E-state index contributed by atoms with van der Waals surface area (Å²) < 4.78 is 6.24. The fourth-order valence-electron chi connectivity index (χ4n) is 2.97. The van der Waals surface area contributed by atoms with Crippen molar-refractivity contribution in [2.24, 2.45) is 11.8 Å². The lowest BCUT2D eigenvalue weighted by Crippen LogP contribution is -2.37. The molecule has 0 unspecified atom stereocenters. The molecule has 22 heavy (non-hydrogen) atoms. The maximum absolute atomic E-state index is 12.6. The quantitative estimate of drug-likeness (QED) is 0.450. The molecule has 0 aliphatic heterocycles. The van der Waals surface area contributed by atoms with Crippen LogP contribution in [0.2, 0.25) is 0 Å². The van der Waals surface area contributed by atoms with Crippen molar-refractivity contribution < 1.29 is 14.3 Å². The zero-order valence-electron chi connectivity index (χ0n) is 12.8. The van der Waals surface area contributed by atoms with Gasteiger partial charge in [0.15, 0.2) is 0 Å². The Balaban J connectivity index is 2.10. The van der Waals surface area contributed by atoms with Crippen LogP contribution in [-0.4, -0.2) is 18.5 Å². The van der Waals surface area contributed by atoms with Gasteiger partial charge in [0.25, 0.3) is 0 Å². The number of carbonyl (C=O) groups is 2. The van der Waals surface area contributed by atoms with Crippen molar-refractivity contribution in [2.75, 3.05) is 11.9 Å². The van der Waals surface area contributed by atoms with Crippen LogP contribution >= 0.6 is 22.6 Å². The van der Waals surface area contributed by atoms with E-state index in [9.17, 15) is 9.59 Å². The molecule has 120 valence electrons. The summed E-state index contributed by atoms with van der Waals surface area (Å²) >= 11 is 2.21. The molecule has 0 spiro atoms. The van der Waals surface area contributed by atoms with Gasteiger partial charge in [0.05, 0.1) is 6.61 Å². The summed E-state index contributed by atoms with van der Waals surface area (Å²) in [4.78, 5) is 24.8. The van der Waals surface area contributed by atoms with Crippen molar-refractivity contribution >= 4 is 40.2 Å². The molecule has 0 aromatic heterocycles. The van der Waals surface area contributed by atoms with Crippen LogP contribution in [0.15, 0.2) is 24.3 Å². The number of anilines is 1. The summed E-state index contributed by atoms with van der Waals surface area (Å²) in [7, 11) is 0. The third kappa shape index (κ3) is 4.69. The molecule has 0 bridgehead atoms. The first-order valence-corrected chi connectivity index (χ1v) is 8.92. The Bertz CT molecular complexity index is 509. The Morgan fingerprint density at radius 3 is 2.45 bits per heavy atom. The highest BCUT2D eigenvalue weighted by molar-refractivity contribution is 14.1. The second kappa shape index (κ2) is 8.50. The van der Waals surface area contributed by atoms with Gasteiger partial charge < -0.3 is 10.1 Å². The number of hydrogen-bond donors (Lipinski definition) is 1. The van der Waals surface area contributed by atoms with Crippen LogP contribution in [-0.2, 0) is 14.3 Å². The highest BCUT2D eigenvalue weighted by atomic mass is 127. The third-order valence-corrected chi connectivity index (χ3v) is 4.78. The van der Waals surface area contributed by atoms with Gasteiger partial charge in [0.2, 0.25) is 5.91 Å². The summed E-state index contributed by atoms with van der Waals surface area (Å²) in [6, 6.07) is 7.55. The molecule has 1 atom stereocenters. The minimum Gasteiger partial charge on any atom is -0.465 e. The molecule has 1 N–H and O–H groups in total. The largest absolute Gasteiger partial charge is 0.465 e. The highest BCUT2D eigenvalue weighted by Gasteiger charge is 2.36. The number of nitrogens with one attached hydrogen (secondary N) is 1. The van der Waals surface area contributed by atoms with Crippen molar-refractivity contribution in [1.82, 2.24) is 0 Å². The normalized spacial score (nSPS) is 16.8. The van der Waals surface area contributed by atoms with Crippen LogP contribution in [0.25, 0.3) is 0 Å². The molecule has 1 aliphatic carbocycles. The lowest BCUT2D eigenvalue weighted by atomic mass is 9.79. The van der Waals surface area contributed by atoms with Gasteiger partial charge in [-0.05, 0) is 72.5 Å². The summed E-state index contributed by atoms with van der Waals surface area (Å²) in [5.74, 6) is -1.24. The molecule has 1 amide bonds. The first-order valence-electron chi connectivity index (χ1n) is 7.85. The average Bonchev–Trinajstić information content (AvgIpc) is 2.51. The van der Waals surface area contributed by atoms with Gasteiger partial charge in [-0.2, -0.15) is 0 Å². The SMILES string of the molecule is CCOC(=O)[C@@H](C(=O)Nc1ccc(I)cc1)C1CCCCC1. The fourth-order valence-corrected chi connectivity index (χ4v) is 3.33. The van der Waals surface area contributed by atoms with Gasteiger partial charge in [-0.15, -0.1) is 0 Å². The molecular formula is C17H22INO3. The zero-order chi connectivity index (χ0) is 15.9. The molecule has 1 aliphatic rings. The monoisotopic (exact) mass is 415 g/mol. The number of carbonyl (C=O) groups excluding carboxylic acids is 2. The summed E-state index contributed by atoms with van der Waals surface area (Å²) in [5, 5.41) is 2.86. The van der Waals surface area contributed by atoms with E-state index in [-0.39, 0.29) is 11.8 Å². The van der Waals surface area contributed by atoms with Gasteiger partial charge in [-0.1, -0.05) is 19.3 Å².